The lowest BCUT2D eigenvalue weighted by molar-refractivity contribution is -0.142. The first kappa shape index (κ1) is 18.5. The molecule has 5 heteroatoms. The zero-order valence-electron chi connectivity index (χ0n) is 14.2. The molecule has 132 valence electrons. The molecule has 1 aliphatic rings. The molecule has 1 amide bonds. The fourth-order valence-electron chi connectivity index (χ4n) is 3.43. The van der Waals surface area contributed by atoms with Crippen LogP contribution >= 0.6 is 0 Å². The summed E-state index contributed by atoms with van der Waals surface area (Å²) in [6.07, 6.45) is 4.92. The van der Waals surface area contributed by atoms with Crippen LogP contribution in [0.15, 0.2) is 30.3 Å². The normalized spacial score (nSPS) is 21.9. The third-order valence-corrected chi connectivity index (χ3v) is 4.84. The van der Waals surface area contributed by atoms with Crippen molar-refractivity contribution < 1.29 is 19.4 Å². The summed E-state index contributed by atoms with van der Waals surface area (Å²) in [6.45, 7) is 0.319. The Kier molecular flexibility index (Phi) is 7.25. The maximum absolute atomic E-state index is 12.1. The van der Waals surface area contributed by atoms with Gasteiger partial charge in [-0.15, -0.1) is 0 Å². The molecule has 0 saturated heterocycles. The number of hydrogen-bond donors (Lipinski definition) is 2. The number of carboxylic acid groups (broad SMARTS) is 1. The average molecular weight is 333 g/mol. The van der Waals surface area contributed by atoms with Crippen LogP contribution in [-0.4, -0.2) is 36.7 Å². The first-order chi connectivity index (χ1) is 11.6. The van der Waals surface area contributed by atoms with Gasteiger partial charge in [-0.25, -0.2) is 4.79 Å². The number of aliphatic carboxylic acids is 1. The Balaban J connectivity index is 1.76. The molecule has 1 atom stereocenters. The number of ether oxygens (including phenoxy) is 1. The van der Waals surface area contributed by atoms with E-state index < -0.39 is 12.0 Å². The second kappa shape index (κ2) is 9.42. The highest BCUT2D eigenvalue weighted by molar-refractivity contribution is 5.83. The number of benzene rings is 1. The Morgan fingerprint density at radius 3 is 2.46 bits per heavy atom. The van der Waals surface area contributed by atoms with Crippen LogP contribution in [0.3, 0.4) is 0 Å². The van der Waals surface area contributed by atoms with Crippen LogP contribution in [0.1, 0.15) is 50.0 Å². The van der Waals surface area contributed by atoms with Crippen LogP contribution in [0.4, 0.5) is 0 Å². The van der Waals surface area contributed by atoms with Crippen molar-refractivity contribution in [3.05, 3.63) is 35.9 Å². The second-order valence-electron chi connectivity index (χ2n) is 6.57. The van der Waals surface area contributed by atoms with E-state index >= 15 is 0 Å². The fraction of sp³-hybridized carbons (Fsp3) is 0.579. The number of amides is 1. The van der Waals surface area contributed by atoms with Crippen molar-refractivity contribution >= 4 is 11.9 Å². The van der Waals surface area contributed by atoms with Crippen molar-refractivity contribution in [2.24, 2.45) is 5.92 Å². The molecule has 2 rings (SSSR count). The topological polar surface area (TPSA) is 75.6 Å². The molecule has 0 aromatic heterocycles. The molecule has 0 radical (unpaired) electrons. The predicted molar refractivity (Wildman–Crippen MR) is 91.8 cm³/mol. The summed E-state index contributed by atoms with van der Waals surface area (Å²) >= 11 is 0. The van der Waals surface area contributed by atoms with E-state index in [0.29, 0.717) is 31.3 Å². The lowest BCUT2D eigenvalue weighted by Crippen LogP contribution is -2.42. The average Bonchev–Trinajstić information content (AvgIpc) is 2.59. The highest BCUT2D eigenvalue weighted by atomic mass is 16.5. The maximum atomic E-state index is 12.1. The molecule has 1 saturated carbocycles. The number of carbonyl (C=O) groups is 2. The number of carboxylic acids is 1. The molecule has 1 fully saturated rings. The Labute approximate surface area is 143 Å². The number of nitrogens with one attached hydrogen (secondary N) is 1. The SMILES string of the molecule is COCCC(NC(=O)CC1CCC(c2ccccc2)CC1)C(=O)O. The van der Waals surface area contributed by atoms with Gasteiger partial charge in [-0.2, -0.15) is 0 Å². The summed E-state index contributed by atoms with van der Waals surface area (Å²) < 4.78 is 4.89. The molecule has 2 N–H and O–H groups in total. The first-order valence-electron chi connectivity index (χ1n) is 8.66. The Morgan fingerprint density at radius 1 is 1.21 bits per heavy atom. The van der Waals surface area contributed by atoms with E-state index in [9.17, 15) is 9.59 Å². The predicted octanol–water partition coefficient (Wildman–Crippen LogP) is 2.96. The maximum Gasteiger partial charge on any atom is 0.326 e. The molecule has 0 spiro atoms. The summed E-state index contributed by atoms with van der Waals surface area (Å²) in [6, 6.07) is 9.65. The Bertz CT molecular complexity index is 523. The van der Waals surface area contributed by atoms with E-state index in [1.165, 1.54) is 12.7 Å². The largest absolute Gasteiger partial charge is 0.480 e. The van der Waals surface area contributed by atoms with Crippen molar-refractivity contribution in [1.29, 1.82) is 0 Å². The van der Waals surface area contributed by atoms with Gasteiger partial charge in [0, 0.05) is 26.6 Å². The third kappa shape index (κ3) is 5.64. The Hall–Kier alpha value is -1.88. The molecule has 0 aliphatic heterocycles. The van der Waals surface area contributed by atoms with Gasteiger partial charge in [0.1, 0.15) is 6.04 Å². The van der Waals surface area contributed by atoms with Gasteiger partial charge in [0.25, 0.3) is 0 Å². The van der Waals surface area contributed by atoms with Crippen molar-refractivity contribution in [1.82, 2.24) is 5.32 Å². The van der Waals surface area contributed by atoms with Gasteiger partial charge in [-0.1, -0.05) is 30.3 Å². The summed E-state index contributed by atoms with van der Waals surface area (Å²) in [4.78, 5) is 23.3. The number of rotatable bonds is 8. The summed E-state index contributed by atoms with van der Waals surface area (Å²) in [5, 5.41) is 11.8. The highest BCUT2D eigenvalue weighted by Crippen LogP contribution is 2.36. The molecule has 1 unspecified atom stereocenters. The van der Waals surface area contributed by atoms with E-state index in [1.807, 2.05) is 6.07 Å². The van der Waals surface area contributed by atoms with E-state index in [0.717, 1.165) is 25.7 Å². The quantitative estimate of drug-likeness (QED) is 0.767. The van der Waals surface area contributed by atoms with E-state index in [1.54, 1.807) is 0 Å². The van der Waals surface area contributed by atoms with Gasteiger partial charge in [-0.05, 0) is 43.1 Å². The van der Waals surface area contributed by atoms with Crippen molar-refractivity contribution in [2.45, 2.75) is 50.5 Å². The minimum Gasteiger partial charge on any atom is -0.480 e. The van der Waals surface area contributed by atoms with Gasteiger partial charge in [-0.3, -0.25) is 4.79 Å². The molecular formula is C19H27NO4. The summed E-state index contributed by atoms with van der Waals surface area (Å²) in [7, 11) is 1.52. The number of carbonyl (C=O) groups excluding carboxylic acids is 1. The lowest BCUT2D eigenvalue weighted by Gasteiger charge is -2.28. The van der Waals surface area contributed by atoms with Crippen LogP contribution in [0.5, 0.6) is 0 Å². The van der Waals surface area contributed by atoms with Crippen LogP contribution in [-0.2, 0) is 14.3 Å². The zero-order chi connectivity index (χ0) is 17.4. The number of hydrogen-bond acceptors (Lipinski definition) is 3. The van der Waals surface area contributed by atoms with Crippen LogP contribution in [0.2, 0.25) is 0 Å². The highest BCUT2D eigenvalue weighted by Gasteiger charge is 2.26. The molecule has 0 heterocycles. The number of methoxy groups -OCH3 is 1. The lowest BCUT2D eigenvalue weighted by atomic mass is 9.77. The van der Waals surface area contributed by atoms with E-state index in [4.69, 9.17) is 9.84 Å². The van der Waals surface area contributed by atoms with Crippen LogP contribution in [0.25, 0.3) is 0 Å². The molecule has 24 heavy (non-hydrogen) atoms. The molecule has 0 bridgehead atoms. The van der Waals surface area contributed by atoms with Crippen molar-refractivity contribution in [3.8, 4) is 0 Å². The van der Waals surface area contributed by atoms with E-state index in [2.05, 4.69) is 29.6 Å². The smallest absolute Gasteiger partial charge is 0.326 e. The second-order valence-corrected chi connectivity index (χ2v) is 6.57. The Morgan fingerprint density at radius 2 is 1.88 bits per heavy atom. The summed E-state index contributed by atoms with van der Waals surface area (Å²) in [5.74, 6) is -0.240. The van der Waals surface area contributed by atoms with Gasteiger partial charge >= 0.3 is 5.97 Å². The third-order valence-electron chi connectivity index (χ3n) is 4.84. The summed E-state index contributed by atoms with van der Waals surface area (Å²) in [5.41, 5.74) is 1.38. The molecular weight excluding hydrogens is 306 g/mol. The minimum atomic E-state index is -1.01. The van der Waals surface area contributed by atoms with Gasteiger partial charge in [0.15, 0.2) is 0 Å². The van der Waals surface area contributed by atoms with Gasteiger partial charge < -0.3 is 15.2 Å². The molecule has 1 aliphatic carbocycles. The standard InChI is InChI=1S/C19H27NO4/c1-24-12-11-17(19(22)23)20-18(21)13-14-7-9-16(10-8-14)15-5-3-2-4-6-15/h2-6,14,16-17H,7-13H2,1H3,(H,20,21)(H,22,23). The van der Waals surface area contributed by atoms with Gasteiger partial charge in [0.05, 0.1) is 0 Å². The molecule has 5 nitrogen and oxygen atoms in total. The fourth-order valence-corrected chi connectivity index (χ4v) is 3.43. The molecule has 1 aromatic carbocycles. The van der Waals surface area contributed by atoms with Crippen molar-refractivity contribution in [2.75, 3.05) is 13.7 Å². The van der Waals surface area contributed by atoms with Crippen LogP contribution in [0, 0.1) is 5.92 Å². The van der Waals surface area contributed by atoms with Crippen molar-refractivity contribution in [3.63, 3.8) is 0 Å². The van der Waals surface area contributed by atoms with Gasteiger partial charge in [0.2, 0.25) is 5.91 Å². The zero-order valence-corrected chi connectivity index (χ0v) is 14.2. The monoisotopic (exact) mass is 333 g/mol. The first-order valence-corrected chi connectivity index (χ1v) is 8.66. The minimum absolute atomic E-state index is 0.165. The van der Waals surface area contributed by atoms with E-state index in [-0.39, 0.29) is 5.91 Å². The molecule has 1 aromatic rings. The van der Waals surface area contributed by atoms with Crippen LogP contribution < -0.4 is 5.32 Å².